The maximum Gasteiger partial charge on any atom is 0.323 e. The van der Waals surface area contributed by atoms with Crippen LogP contribution in [0.2, 0.25) is 0 Å². The molecule has 1 fully saturated rings. The first-order valence-electron chi connectivity index (χ1n) is 7.07. The van der Waals surface area contributed by atoms with E-state index < -0.39 is 0 Å². The van der Waals surface area contributed by atoms with Gasteiger partial charge in [-0.05, 0) is 38.9 Å². The van der Waals surface area contributed by atoms with Crippen LogP contribution in [0, 0.1) is 0 Å². The SMILES string of the molecule is CN1CCCC1CCOc1nc(N)nc(-n2cccn2)n1. The molecule has 8 nitrogen and oxygen atoms in total. The third-order valence-electron chi connectivity index (χ3n) is 3.68. The summed E-state index contributed by atoms with van der Waals surface area (Å²) in [6.45, 7) is 1.73. The Morgan fingerprint density at radius 2 is 2.29 bits per heavy atom. The van der Waals surface area contributed by atoms with Crippen molar-refractivity contribution < 1.29 is 4.74 Å². The second-order valence-electron chi connectivity index (χ2n) is 5.14. The minimum atomic E-state index is 0.128. The van der Waals surface area contributed by atoms with Crippen molar-refractivity contribution in [3.63, 3.8) is 0 Å². The van der Waals surface area contributed by atoms with Crippen LogP contribution in [0.4, 0.5) is 5.95 Å². The monoisotopic (exact) mass is 289 g/mol. The molecule has 1 aliphatic rings. The normalized spacial score (nSPS) is 19.0. The minimum Gasteiger partial charge on any atom is -0.463 e. The van der Waals surface area contributed by atoms with Crippen molar-refractivity contribution in [2.45, 2.75) is 25.3 Å². The summed E-state index contributed by atoms with van der Waals surface area (Å²) in [5.74, 6) is 0.490. The fourth-order valence-corrected chi connectivity index (χ4v) is 2.55. The Morgan fingerprint density at radius 3 is 3.00 bits per heavy atom. The Labute approximate surface area is 123 Å². The molecule has 0 bridgehead atoms. The lowest BCUT2D eigenvalue weighted by Gasteiger charge is -2.18. The first-order chi connectivity index (χ1) is 10.2. The summed E-state index contributed by atoms with van der Waals surface area (Å²) in [7, 11) is 2.15. The first kappa shape index (κ1) is 13.7. The van der Waals surface area contributed by atoms with Gasteiger partial charge in [-0.3, -0.25) is 0 Å². The molecular weight excluding hydrogens is 270 g/mol. The van der Waals surface area contributed by atoms with Crippen LogP contribution in [-0.4, -0.2) is 55.9 Å². The zero-order chi connectivity index (χ0) is 14.7. The van der Waals surface area contributed by atoms with E-state index in [1.165, 1.54) is 17.5 Å². The first-order valence-corrected chi connectivity index (χ1v) is 7.07. The number of nitrogens with two attached hydrogens (primary N) is 1. The molecule has 1 unspecified atom stereocenters. The van der Waals surface area contributed by atoms with Crippen LogP contribution < -0.4 is 10.5 Å². The molecule has 8 heteroatoms. The molecule has 21 heavy (non-hydrogen) atoms. The van der Waals surface area contributed by atoms with Crippen molar-refractivity contribution in [2.75, 3.05) is 25.9 Å². The number of likely N-dealkylation sites (tertiary alicyclic amines) is 1. The molecule has 2 N–H and O–H groups in total. The van der Waals surface area contributed by atoms with Crippen LogP contribution >= 0.6 is 0 Å². The third-order valence-corrected chi connectivity index (χ3v) is 3.68. The standard InChI is InChI=1S/C13H19N7O/c1-19-7-2-4-10(19)5-9-21-13-17-11(14)16-12(18-13)20-8-3-6-15-20/h3,6,8,10H,2,4-5,7,9H2,1H3,(H2,14,16,17,18). The van der Waals surface area contributed by atoms with E-state index in [0.717, 1.165) is 13.0 Å². The number of rotatable bonds is 5. The van der Waals surface area contributed by atoms with Gasteiger partial charge in [0.2, 0.25) is 5.95 Å². The molecule has 1 atom stereocenters. The van der Waals surface area contributed by atoms with Crippen LogP contribution in [0.3, 0.4) is 0 Å². The molecular formula is C13H19N7O. The average Bonchev–Trinajstić information content (AvgIpc) is 3.10. The Bertz CT molecular complexity index is 586. The predicted octanol–water partition coefficient (Wildman–Crippen LogP) is 0.503. The molecule has 0 saturated carbocycles. The van der Waals surface area contributed by atoms with E-state index in [4.69, 9.17) is 10.5 Å². The van der Waals surface area contributed by atoms with Crippen molar-refractivity contribution in [2.24, 2.45) is 0 Å². The van der Waals surface area contributed by atoms with Crippen LogP contribution in [0.1, 0.15) is 19.3 Å². The zero-order valence-electron chi connectivity index (χ0n) is 12.0. The van der Waals surface area contributed by atoms with Gasteiger partial charge < -0.3 is 15.4 Å². The van der Waals surface area contributed by atoms with Gasteiger partial charge in [0.25, 0.3) is 5.95 Å². The quantitative estimate of drug-likeness (QED) is 0.856. The van der Waals surface area contributed by atoms with Crippen molar-refractivity contribution in [3.05, 3.63) is 18.5 Å². The van der Waals surface area contributed by atoms with E-state index in [1.54, 1.807) is 18.5 Å². The van der Waals surface area contributed by atoms with Crippen LogP contribution in [0.5, 0.6) is 6.01 Å². The van der Waals surface area contributed by atoms with Crippen molar-refractivity contribution in [1.82, 2.24) is 29.6 Å². The van der Waals surface area contributed by atoms with E-state index in [1.807, 2.05) is 0 Å². The van der Waals surface area contributed by atoms with Crippen LogP contribution in [0.25, 0.3) is 5.95 Å². The number of hydrogen-bond donors (Lipinski definition) is 1. The topological polar surface area (TPSA) is 95.0 Å². The summed E-state index contributed by atoms with van der Waals surface area (Å²) in [6, 6.07) is 2.61. The van der Waals surface area contributed by atoms with Gasteiger partial charge in [0, 0.05) is 18.4 Å². The maximum absolute atomic E-state index is 5.69. The predicted molar refractivity (Wildman–Crippen MR) is 77.1 cm³/mol. The van der Waals surface area contributed by atoms with Crippen molar-refractivity contribution >= 4 is 5.95 Å². The van der Waals surface area contributed by atoms with Gasteiger partial charge in [-0.1, -0.05) is 0 Å². The molecule has 112 valence electrons. The minimum absolute atomic E-state index is 0.128. The molecule has 0 aromatic carbocycles. The molecule has 0 aliphatic carbocycles. The lowest BCUT2D eigenvalue weighted by molar-refractivity contribution is 0.223. The summed E-state index contributed by atoms with van der Waals surface area (Å²) in [6.07, 6.45) is 6.82. The lowest BCUT2D eigenvalue weighted by atomic mass is 10.2. The van der Waals surface area contributed by atoms with Crippen molar-refractivity contribution in [3.8, 4) is 12.0 Å². The van der Waals surface area contributed by atoms with Gasteiger partial charge in [-0.15, -0.1) is 0 Å². The molecule has 3 heterocycles. The Balaban J connectivity index is 1.63. The summed E-state index contributed by atoms with van der Waals surface area (Å²) in [5.41, 5.74) is 5.69. The van der Waals surface area contributed by atoms with Crippen molar-refractivity contribution in [1.29, 1.82) is 0 Å². The molecule has 3 rings (SSSR count). The van der Waals surface area contributed by atoms with Gasteiger partial charge >= 0.3 is 6.01 Å². The van der Waals surface area contributed by atoms with Gasteiger partial charge in [-0.2, -0.15) is 20.1 Å². The summed E-state index contributed by atoms with van der Waals surface area (Å²) >= 11 is 0. The molecule has 0 radical (unpaired) electrons. The molecule has 1 saturated heterocycles. The number of aromatic nitrogens is 5. The lowest BCUT2D eigenvalue weighted by Crippen LogP contribution is -2.26. The van der Waals surface area contributed by atoms with Gasteiger partial charge in [0.15, 0.2) is 0 Å². The van der Waals surface area contributed by atoms with E-state index in [-0.39, 0.29) is 12.0 Å². The van der Waals surface area contributed by atoms with E-state index in [0.29, 0.717) is 18.6 Å². The van der Waals surface area contributed by atoms with Gasteiger partial charge in [0.1, 0.15) is 0 Å². The van der Waals surface area contributed by atoms with E-state index in [2.05, 4.69) is 32.0 Å². The van der Waals surface area contributed by atoms with Crippen LogP contribution in [0.15, 0.2) is 18.5 Å². The smallest absolute Gasteiger partial charge is 0.323 e. The average molecular weight is 289 g/mol. The highest BCUT2D eigenvalue weighted by molar-refractivity contribution is 5.24. The highest BCUT2D eigenvalue weighted by atomic mass is 16.5. The number of ether oxygens (including phenoxy) is 1. The fraction of sp³-hybridized carbons (Fsp3) is 0.538. The summed E-state index contributed by atoms with van der Waals surface area (Å²) in [5, 5.41) is 4.07. The molecule has 1 aliphatic heterocycles. The number of nitrogens with zero attached hydrogens (tertiary/aromatic N) is 6. The molecule has 0 amide bonds. The number of anilines is 1. The Morgan fingerprint density at radius 1 is 1.38 bits per heavy atom. The summed E-state index contributed by atoms with van der Waals surface area (Å²) in [4.78, 5) is 14.6. The van der Waals surface area contributed by atoms with E-state index in [9.17, 15) is 0 Å². The number of nitrogen functional groups attached to an aromatic ring is 1. The van der Waals surface area contributed by atoms with Crippen LogP contribution in [-0.2, 0) is 0 Å². The summed E-state index contributed by atoms with van der Waals surface area (Å²) < 4.78 is 7.15. The van der Waals surface area contributed by atoms with Gasteiger partial charge in [-0.25, -0.2) is 4.68 Å². The van der Waals surface area contributed by atoms with E-state index >= 15 is 0 Å². The second-order valence-corrected chi connectivity index (χ2v) is 5.14. The Kier molecular flexibility index (Phi) is 3.96. The maximum atomic E-state index is 5.69. The largest absolute Gasteiger partial charge is 0.463 e. The zero-order valence-corrected chi connectivity index (χ0v) is 12.0. The molecule has 2 aromatic heterocycles. The molecule has 0 spiro atoms. The third kappa shape index (κ3) is 3.27. The fourth-order valence-electron chi connectivity index (χ4n) is 2.55. The van der Waals surface area contributed by atoms with Gasteiger partial charge in [0.05, 0.1) is 6.61 Å². The molecule has 2 aromatic rings. The Hall–Kier alpha value is -2.22. The second kappa shape index (κ2) is 6.04. The highest BCUT2D eigenvalue weighted by Crippen LogP contribution is 2.18. The highest BCUT2D eigenvalue weighted by Gasteiger charge is 2.20. The number of hydrogen-bond acceptors (Lipinski definition) is 7.